The third-order valence-corrected chi connectivity index (χ3v) is 3.99. The third kappa shape index (κ3) is 6.23. The summed E-state index contributed by atoms with van der Waals surface area (Å²) in [6.07, 6.45) is 3.71. The Morgan fingerprint density at radius 2 is 2.04 bits per heavy atom. The van der Waals surface area contributed by atoms with Crippen molar-refractivity contribution in [1.82, 2.24) is 4.90 Å². The van der Waals surface area contributed by atoms with Crippen LogP contribution in [-0.2, 0) is 14.3 Å². The van der Waals surface area contributed by atoms with E-state index in [1.807, 2.05) is 31.2 Å². The number of methoxy groups -OCH3 is 2. The van der Waals surface area contributed by atoms with Crippen molar-refractivity contribution in [1.29, 1.82) is 0 Å². The van der Waals surface area contributed by atoms with Gasteiger partial charge in [-0.25, -0.2) is 0 Å². The zero-order chi connectivity index (χ0) is 18.8. The van der Waals surface area contributed by atoms with Crippen LogP contribution in [0.25, 0.3) is 6.08 Å². The first kappa shape index (κ1) is 20.7. The maximum absolute atomic E-state index is 12.6. The number of nitrogens with zero attached hydrogens (tertiary/aromatic N) is 1. The summed E-state index contributed by atoms with van der Waals surface area (Å²) >= 11 is 0. The molecule has 0 fully saturated rings. The van der Waals surface area contributed by atoms with Crippen LogP contribution >= 0.6 is 0 Å². The predicted octanol–water partition coefficient (Wildman–Crippen LogP) is 2.12. The molecular formula is C19H27NO5. The van der Waals surface area contributed by atoms with Gasteiger partial charge in [0.05, 0.1) is 32.8 Å². The molecule has 1 amide bonds. The number of ether oxygens (including phenoxy) is 2. The smallest absolute Gasteiger partial charge is 0.310 e. The highest BCUT2D eigenvalue weighted by molar-refractivity contribution is 5.92. The van der Waals surface area contributed by atoms with Gasteiger partial charge in [-0.1, -0.05) is 26.0 Å². The Kier molecular flexibility index (Phi) is 8.70. The van der Waals surface area contributed by atoms with E-state index in [0.29, 0.717) is 12.2 Å². The molecule has 0 radical (unpaired) electrons. The SMILES string of the molecule is CCC(CO)N(CC(C)C(=O)OC)C(=O)/C=C/c1cccc(OC)c1. The first-order valence-corrected chi connectivity index (χ1v) is 8.28. The molecule has 0 aromatic heterocycles. The van der Waals surface area contributed by atoms with Crippen LogP contribution < -0.4 is 4.74 Å². The molecule has 0 spiro atoms. The van der Waals surface area contributed by atoms with Crippen molar-refractivity contribution in [3.63, 3.8) is 0 Å². The van der Waals surface area contributed by atoms with E-state index in [0.717, 1.165) is 5.56 Å². The van der Waals surface area contributed by atoms with Crippen LogP contribution in [0.5, 0.6) is 5.75 Å². The van der Waals surface area contributed by atoms with Gasteiger partial charge in [0.1, 0.15) is 5.75 Å². The van der Waals surface area contributed by atoms with Crippen LogP contribution in [-0.4, -0.2) is 55.3 Å². The Hall–Kier alpha value is -2.34. The Morgan fingerprint density at radius 1 is 1.32 bits per heavy atom. The minimum atomic E-state index is -0.472. The molecule has 2 atom stereocenters. The molecule has 0 aliphatic heterocycles. The Bertz CT molecular complexity index is 595. The van der Waals surface area contributed by atoms with E-state index in [9.17, 15) is 14.7 Å². The maximum atomic E-state index is 12.6. The molecule has 1 rings (SSSR count). The van der Waals surface area contributed by atoms with Gasteiger partial charge in [-0.15, -0.1) is 0 Å². The summed E-state index contributed by atoms with van der Waals surface area (Å²) in [6, 6.07) is 6.98. The molecule has 1 aromatic carbocycles. The molecule has 138 valence electrons. The molecule has 0 saturated carbocycles. The van der Waals surface area contributed by atoms with Gasteiger partial charge in [0.2, 0.25) is 5.91 Å². The van der Waals surface area contributed by atoms with Crippen molar-refractivity contribution in [3.05, 3.63) is 35.9 Å². The van der Waals surface area contributed by atoms with E-state index >= 15 is 0 Å². The molecule has 1 aromatic rings. The summed E-state index contributed by atoms with van der Waals surface area (Å²) in [6.45, 7) is 3.61. The second-order valence-electron chi connectivity index (χ2n) is 5.77. The second kappa shape index (κ2) is 10.5. The highest BCUT2D eigenvalue weighted by atomic mass is 16.5. The molecule has 0 aliphatic carbocycles. The summed E-state index contributed by atoms with van der Waals surface area (Å²) in [5.41, 5.74) is 0.825. The number of esters is 1. The molecule has 1 N–H and O–H groups in total. The van der Waals surface area contributed by atoms with E-state index in [4.69, 9.17) is 9.47 Å². The monoisotopic (exact) mass is 349 g/mol. The van der Waals surface area contributed by atoms with Gasteiger partial charge < -0.3 is 19.5 Å². The quantitative estimate of drug-likeness (QED) is 0.546. The first-order valence-electron chi connectivity index (χ1n) is 8.28. The number of amides is 1. The van der Waals surface area contributed by atoms with E-state index in [1.54, 1.807) is 20.1 Å². The molecule has 6 nitrogen and oxygen atoms in total. The van der Waals surface area contributed by atoms with Crippen molar-refractivity contribution >= 4 is 18.0 Å². The number of aliphatic hydroxyl groups excluding tert-OH is 1. The van der Waals surface area contributed by atoms with Gasteiger partial charge in [-0.2, -0.15) is 0 Å². The zero-order valence-electron chi connectivity index (χ0n) is 15.3. The molecule has 0 heterocycles. The number of benzene rings is 1. The van der Waals surface area contributed by atoms with E-state index < -0.39 is 5.92 Å². The molecule has 6 heteroatoms. The summed E-state index contributed by atoms with van der Waals surface area (Å²) in [5, 5.41) is 9.56. The molecule has 25 heavy (non-hydrogen) atoms. The van der Waals surface area contributed by atoms with E-state index in [1.165, 1.54) is 18.1 Å². The molecular weight excluding hydrogens is 322 g/mol. The van der Waals surface area contributed by atoms with Crippen LogP contribution in [0, 0.1) is 5.92 Å². The summed E-state index contributed by atoms with van der Waals surface area (Å²) < 4.78 is 9.88. The standard InChI is InChI=1S/C19H27NO5/c1-5-16(13-21)20(12-14(2)19(23)25-4)18(22)10-9-15-7-6-8-17(11-15)24-3/h6-11,14,16,21H,5,12-13H2,1-4H3/b10-9+. The number of carbonyl (C=O) groups is 2. The Labute approximate surface area is 149 Å². The average molecular weight is 349 g/mol. The van der Waals surface area contributed by atoms with Gasteiger partial charge in [-0.3, -0.25) is 9.59 Å². The summed E-state index contributed by atoms with van der Waals surface area (Å²) in [4.78, 5) is 25.8. The van der Waals surface area contributed by atoms with Gasteiger partial charge >= 0.3 is 5.97 Å². The Morgan fingerprint density at radius 3 is 2.60 bits per heavy atom. The number of hydrogen-bond acceptors (Lipinski definition) is 5. The fraction of sp³-hybridized carbons (Fsp3) is 0.474. The highest BCUT2D eigenvalue weighted by Crippen LogP contribution is 2.15. The molecule has 0 bridgehead atoms. The number of hydrogen-bond donors (Lipinski definition) is 1. The van der Waals surface area contributed by atoms with Gasteiger partial charge in [0, 0.05) is 12.6 Å². The lowest BCUT2D eigenvalue weighted by atomic mass is 10.1. The van der Waals surface area contributed by atoms with Crippen LogP contribution in [0.1, 0.15) is 25.8 Å². The van der Waals surface area contributed by atoms with E-state index in [2.05, 4.69) is 0 Å². The van der Waals surface area contributed by atoms with Crippen LogP contribution in [0.4, 0.5) is 0 Å². The summed E-state index contributed by atoms with van der Waals surface area (Å²) in [7, 11) is 2.90. The summed E-state index contributed by atoms with van der Waals surface area (Å²) in [5.74, 6) is -0.422. The van der Waals surface area contributed by atoms with Crippen molar-refractivity contribution in [2.24, 2.45) is 5.92 Å². The maximum Gasteiger partial charge on any atom is 0.310 e. The van der Waals surface area contributed by atoms with Crippen molar-refractivity contribution in [2.45, 2.75) is 26.3 Å². The normalized spacial score (nSPS) is 13.3. The van der Waals surface area contributed by atoms with Gasteiger partial charge in [-0.05, 0) is 30.2 Å². The van der Waals surface area contributed by atoms with Gasteiger partial charge in [0.15, 0.2) is 0 Å². The Balaban J connectivity index is 2.94. The predicted molar refractivity (Wildman–Crippen MR) is 96.1 cm³/mol. The number of rotatable bonds is 9. The molecule has 2 unspecified atom stereocenters. The minimum absolute atomic E-state index is 0.164. The zero-order valence-corrected chi connectivity index (χ0v) is 15.3. The lowest BCUT2D eigenvalue weighted by Crippen LogP contribution is -2.45. The molecule has 0 saturated heterocycles. The first-order chi connectivity index (χ1) is 12.0. The average Bonchev–Trinajstić information content (AvgIpc) is 2.65. The van der Waals surface area contributed by atoms with Crippen LogP contribution in [0.15, 0.2) is 30.3 Å². The number of carbonyl (C=O) groups excluding carboxylic acids is 2. The lowest BCUT2D eigenvalue weighted by molar-refractivity contribution is -0.146. The van der Waals surface area contributed by atoms with Gasteiger partial charge in [0.25, 0.3) is 0 Å². The number of aliphatic hydroxyl groups is 1. The topological polar surface area (TPSA) is 76.1 Å². The highest BCUT2D eigenvalue weighted by Gasteiger charge is 2.25. The fourth-order valence-electron chi connectivity index (χ4n) is 2.45. The third-order valence-electron chi connectivity index (χ3n) is 3.99. The van der Waals surface area contributed by atoms with Crippen LogP contribution in [0.2, 0.25) is 0 Å². The molecule has 0 aliphatic rings. The lowest BCUT2D eigenvalue weighted by Gasteiger charge is -2.30. The van der Waals surface area contributed by atoms with Crippen molar-refractivity contribution in [2.75, 3.05) is 27.4 Å². The van der Waals surface area contributed by atoms with E-state index in [-0.39, 0.29) is 31.1 Å². The minimum Gasteiger partial charge on any atom is -0.497 e. The largest absolute Gasteiger partial charge is 0.497 e. The van der Waals surface area contributed by atoms with Crippen molar-refractivity contribution in [3.8, 4) is 5.75 Å². The van der Waals surface area contributed by atoms with Crippen molar-refractivity contribution < 1.29 is 24.2 Å². The van der Waals surface area contributed by atoms with Crippen LogP contribution in [0.3, 0.4) is 0 Å². The fourth-order valence-corrected chi connectivity index (χ4v) is 2.45. The second-order valence-corrected chi connectivity index (χ2v) is 5.77.